The van der Waals surface area contributed by atoms with Crippen molar-refractivity contribution in [3.63, 3.8) is 0 Å². The second-order valence-electron chi connectivity index (χ2n) is 7.25. The Bertz CT molecular complexity index is 966. The summed E-state index contributed by atoms with van der Waals surface area (Å²) in [5.41, 5.74) is 9.15. The van der Waals surface area contributed by atoms with Gasteiger partial charge in [-0.15, -0.1) is 0 Å². The molecule has 2 aromatic carbocycles. The molecule has 1 aromatic heterocycles. The van der Waals surface area contributed by atoms with Gasteiger partial charge in [0.2, 0.25) is 6.71 Å². The van der Waals surface area contributed by atoms with Crippen molar-refractivity contribution in [2.24, 2.45) is 0 Å². The summed E-state index contributed by atoms with van der Waals surface area (Å²) < 4.78 is 0. The first kappa shape index (κ1) is 16.7. The molecular formula is C23H23BN2. The van der Waals surface area contributed by atoms with Gasteiger partial charge in [0.1, 0.15) is 5.82 Å². The lowest BCUT2D eigenvalue weighted by atomic mass is 9.38. The fourth-order valence-electron chi connectivity index (χ4n) is 4.06. The number of para-hydroxylation sites is 1. The van der Waals surface area contributed by atoms with E-state index in [1.807, 2.05) is 6.20 Å². The number of rotatable bonds is 2. The van der Waals surface area contributed by atoms with Crippen LogP contribution in [0.2, 0.25) is 0 Å². The first-order valence-electron chi connectivity index (χ1n) is 9.11. The van der Waals surface area contributed by atoms with Crippen molar-refractivity contribution in [3.8, 4) is 0 Å². The summed E-state index contributed by atoms with van der Waals surface area (Å²) in [6, 6.07) is 17.4. The molecule has 0 saturated carbocycles. The van der Waals surface area contributed by atoms with Crippen LogP contribution < -0.4 is 15.8 Å². The van der Waals surface area contributed by atoms with Gasteiger partial charge in [-0.25, -0.2) is 4.98 Å². The minimum Gasteiger partial charge on any atom is -0.303 e. The van der Waals surface area contributed by atoms with Crippen LogP contribution in [0.3, 0.4) is 0 Å². The third-order valence-electron chi connectivity index (χ3n) is 5.15. The van der Waals surface area contributed by atoms with Crippen molar-refractivity contribution < 1.29 is 0 Å². The average molecular weight is 338 g/mol. The van der Waals surface area contributed by atoms with Crippen LogP contribution in [0.5, 0.6) is 0 Å². The number of anilines is 2. The first-order chi connectivity index (χ1) is 12.5. The summed E-state index contributed by atoms with van der Waals surface area (Å²) in [7, 11) is 0. The molecule has 3 aromatic rings. The number of fused-ring (bicyclic) bond motifs is 1. The van der Waals surface area contributed by atoms with E-state index in [1.54, 1.807) is 0 Å². The minimum atomic E-state index is 0.272. The first-order valence-corrected chi connectivity index (χ1v) is 9.11. The van der Waals surface area contributed by atoms with Crippen LogP contribution in [0, 0.1) is 27.7 Å². The highest BCUT2D eigenvalue weighted by atomic mass is 15.2. The minimum absolute atomic E-state index is 0.272. The molecule has 0 bridgehead atoms. The topological polar surface area (TPSA) is 16.1 Å². The van der Waals surface area contributed by atoms with E-state index >= 15 is 0 Å². The largest absolute Gasteiger partial charge is 0.303 e. The Kier molecular flexibility index (Phi) is 4.16. The Hall–Kier alpha value is -2.81. The van der Waals surface area contributed by atoms with Gasteiger partial charge in [0.15, 0.2) is 0 Å². The molecule has 0 amide bonds. The molecule has 3 heteroatoms. The van der Waals surface area contributed by atoms with Crippen molar-refractivity contribution in [2.75, 3.05) is 4.90 Å². The summed E-state index contributed by atoms with van der Waals surface area (Å²) in [5.74, 6) is 3.25. The van der Waals surface area contributed by atoms with Gasteiger partial charge in [-0.3, -0.25) is 0 Å². The molecule has 0 fully saturated rings. The third-order valence-corrected chi connectivity index (χ3v) is 5.15. The Labute approximate surface area is 156 Å². The molecule has 0 N–H and O–H groups in total. The van der Waals surface area contributed by atoms with Gasteiger partial charge < -0.3 is 4.90 Å². The number of aromatic nitrogens is 1. The number of hydrogen-bond donors (Lipinski definition) is 0. The van der Waals surface area contributed by atoms with Crippen molar-refractivity contribution in [2.45, 2.75) is 27.7 Å². The van der Waals surface area contributed by atoms with Crippen molar-refractivity contribution in [3.05, 3.63) is 89.2 Å². The SMILES string of the molecule is Cc1ccc(N2C=CB(c3c(C)cc(C)cc3C)c3ccccc32)nc1. The molecule has 2 heterocycles. The summed E-state index contributed by atoms with van der Waals surface area (Å²) in [4.78, 5) is 6.80. The summed E-state index contributed by atoms with van der Waals surface area (Å²) in [5, 5.41) is 0. The van der Waals surface area contributed by atoms with E-state index in [4.69, 9.17) is 0 Å². The van der Waals surface area contributed by atoms with Crippen molar-refractivity contribution in [1.82, 2.24) is 4.98 Å². The van der Waals surface area contributed by atoms with Gasteiger partial charge in [-0.05, 0) is 57.1 Å². The maximum Gasteiger partial charge on any atom is 0.238 e. The quantitative estimate of drug-likeness (QED) is 0.653. The normalized spacial score (nSPS) is 13.1. The fraction of sp³-hybridized carbons (Fsp3) is 0.174. The Morgan fingerprint density at radius 2 is 1.58 bits per heavy atom. The molecule has 1 aliphatic rings. The summed E-state index contributed by atoms with van der Waals surface area (Å²) >= 11 is 0. The van der Waals surface area contributed by atoms with E-state index < -0.39 is 0 Å². The molecule has 1 aliphatic heterocycles. The van der Waals surface area contributed by atoms with Crippen LogP contribution in [0.4, 0.5) is 11.5 Å². The molecule has 2 nitrogen and oxygen atoms in total. The maximum atomic E-state index is 4.62. The molecule has 0 radical (unpaired) electrons. The van der Waals surface area contributed by atoms with E-state index in [1.165, 1.54) is 38.9 Å². The number of nitrogens with zero attached hydrogens (tertiary/aromatic N) is 2. The zero-order valence-corrected chi connectivity index (χ0v) is 15.8. The highest BCUT2D eigenvalue weighted by Crippen LogP contribution is 2.26. The highest BCUT2D eigenvalue weighted by molar-refractivity contribution is 6.91. The van der Waals surface area contributed by atoms with Gasteiger partial charge in [0.25, 0.3) is 0 Å². The van der Waals surface area contributed by atoms with E-state index in [0.29, 0.717) is 0 Å². The lowest BCUT2D eigenvalue weighted by Gasteiger charge is -2.30. The molecule has 4 rings (SSSR count). The molecule has 0 aliphatic carbocycles. The van der Waals surface area contributed by atoms with Gasteiger partial charge >= 0.3 is 0 Å². The zero-order chi connectivity index (χ0) is 18.3. The van der Waals surface area contributed by atoms with E-state index in [9.17, 15) is 0 Å². The Morgan fingerprint density at radius 1 is 0.846 bits per heavy atom. The molecular weight excluding hydrogens is 315 g/mol. The standard InChI is InChI=1S/C23H23BN2/c1-16-9-10-22(25-15-16)26-12-11-24(20-7-5-6-8-21(20)26)23-18(3)13-17(2)14-19(23)4/h5-15H,1-4H3. The van der Waals surface area contributed by atoms with Gasteiger partial charge in [0, 0.05) is 11.9 Å². The van der Waals surface area contributed by atoms with Crippen molar-refractivity contribution >= 4 is 29.1 Å². The third kappa shape index (κ3) is 2.84. The van der Waals surface area contributed by atoms with Gasteiger partial charge in [-0.1, -0.05) is 64.5 Å². The molecule has 26 heavy (non-hydrogen) atoms. The molecule has 0 atom stereocenters. The van der Waals surface area contributed by atoms with Crippen LogP contribution >= 0.6 is 0 Å². The summed E-state index contributed by atoms with van der Waals surface area (Å²) in [6.45, 7) is 8.95. The van der Waals surface area contributed by atoms with Gasteiger partial charge in [-0.2, -0.15) is 0 Å². The smallest absolute Gasteiger partial charge is 0.238 e. The van der Waals surface area contributed by atoms with Crippen LogP contribution in [0.15, 0.2) is 66.9 Å². The van der Waals surface area contributed by atoms with Crippen molar-refractivity contribution in [1.29, 1.82) is 0 Å². The van der Waals surface area contributed by atoms with Crippen LogP contribution in [0.1, 0.15) is 22.3 Å². The fourth-order valence-corrected chi connectivity index (χ4v) is 4.06. The van der Waals surface area contributed by atoms with Crippen LogP contribution in [0.25, 0.3) is 0 Å². The number of aryl methyl sites for hydroxylation is 4. The molecule has 0 unspecified atom stereocenters. The zero-order valence-electron chi connectivity index (χ0n) is 15.8. The highest BCUT2D eigenvalue weighted by Gasteiger charge is 2.28. The molecule has 128 valence electrons. The van der Waals surface area contributed by atoms with Crippen LogP contribution in [-0.4, -0.2) is 11.7 Å². The average Bonchev–Trinajstić information content (AvgIpc) is 2.62. The number of hydrogen-bond acceptors (Lipinski definition) is 2. The van der Waals surface area contributed by atoms with E-state index in [0.717, 1.165) is 5.82 Å². The molecule has 0 spiro atoms. The second-order valence-corrected chi connectivity index (χ2v) is 7.25. The molecule has 0 saturated heterocycles. The van der Waals surface area contributed by atoms with E-state index in [2.05, 4.69) is 98.3 Å². The van der Waals surface area contributed by atoms with Gasteiger partial charge in [0.05, 0.1) is 0 Å². The lowest BCUT2D eigenvalue weighted by Crippen LogP contribution is -2.47. The predicted molar refractivity (Wildman–Crippen MR) is 112 cm³/mol. The Morgan fingerprint density at radius 3 is 2.27 bits per heavy atom. The maximum absolute atomic E-state index is 4.62. The Balaban J connectivity index is 1.84. The van der Waals surface area contributed by atoms with E-state index in [-0.39, 0.29) is 6.71 Å². The number of pyridine rings is 1. The van der Waals surface area contributed by atoms with Crippen LogP contribution in [-0.2, 0) is 0 Å². The monoisotopic (exact) mass is 338 g/mol. The lowest BCUT2D eigenvalue weighted by molar-refractivity contribution is 1.16. The second kappa shape index (κ2) is 6.49. The predicted octanol–water partition coefficient (Wildman–Crippen LogP) is 4.13. The summed E-state index contributed by atoms with van der Waals surface area (Å²) in [6.07, 6.45) is 4.09. The number of benzene rings is 2.